The molecule has 0 radical (unpaired) electrons. The second-order valence-electron chi connectivity index (χ2n) is 5.83. The summed E-state index contributed by atoms with van der Waals surface area (Å²) in [5.41, 5.74) is 0. The average molecular weight is 305 g/mol. The van der Waals surface area contributed by atoms with Gasteiger partial charge in [-0.25, -0.2) is 4.79 Å². The van der Waals surface area contributed by atoms with Crippen molar-refractivity contribution in [1.29, 1.82) is 0 Å². The SMILES string of the molecule is Cc1ccc(C=CC(=O)OCC(=O)NC2CCCCC2C)o1. The summed E-state index contributed by atoms with van der Waals surface area (Å²) in [5.74, 6) is 1.04. The molecule has 5 nitrogen and oxygen atoms in total. The summed E-state index contributed by atoms with van der Waals surface area (Å²) in [6.45, 7) is 3.72. The van der Waals surface area contributed by atoms with Gasteiger partial charge in [0.2, 0.25) is 0 Å². The molecule has 1 amide bonds. The number of ether oxygens (including phenoxy) is 1. The summed E-state index contributed by atoms with van der Waals surface area (Å²) < 4.78 is 10.2. The molecule has 0 saturated heterocycles. The number of amides is 1. The molecule has 1 aromatic heterocycles. The summed E-state index contributed by atoms with van der Waals surface area (Å²) in [4.78, 5) is 23.4. The maximum Gasteiger partial charge on any atom is 0.331 e. The Labute approximate surface area is 130 Å². The van der Waals surface area contributed by atoms with Gasteiger partial charge in [-0.3, -0.25) is 4.79 Å². The molecule has 1 aromatic rings. The van der Waals surface area contributed by atoms with E-state index < -0.39 is 5.97 Å². The lowest BCUT2D eigenvalue weighted by molar-refractivity contribution is -0.144. The molecule has 1 aliphatic carbocycles. The summed E-state index contributed by atoms with van der Waals surface area (Å²) in [5, 5.41) is 2.94. The van der Waals surface area contributed by atoms with Gasteiger partial charge in [-0.15, -0.1) is 0 Å². The van der Waals surface area contributed by atoms with Gasteiger partial charge >= 0.3 is 5.97 Å². The van der Waals surface area contributed by atoms with Crippen LogP contribution in [0, 0.1) is 12.8 Å². The van der Waals surface area contributed by atoms with Crippen molar-refractivity contribution in [3.8, 4) is 0 Å². The lowest BCUT2D eigenvalue weighted by Crippen LogP contribution is -2.42. The highest BCUT2D eigenvalue weighted by Gasteiger charge is 2.22. The molecule has 1 fully saturated rings. The molecular weight excluding hydrogens is 282 g/mol. The monoisotopic (exact) mass is 305 g/mol. The van der Waals surface area contributed by atoms with E-state index in [1.54, 1.807) is 6.07 Å². The molecule has 2 rings (SSSR count). The molecule has 1 saturated carbocycles. The highest BCUT2D eigenvalue weighted by Crippen LogP contribution is 2.23. The Kier molecular flexibility index (Phi) is 5.81. The van der Waals surface area contributed by atoms with E-state index in [4.69, 9.17) is 9.15 Å². The van der Waals surface area contributed by atoms with Crippen molar-refractivity contribution in [3.05, 3.63) is 29.7 Å². The van der Waals surface area contributed by atoms with E-state index in [0.717, 1.165) is 25.0 Å². The number of esters is 1. The minimum atomic E-state index is -0.555. The summed E-state index contributed by atoms with van der Waals surface area (Å²) >= 11 is 0. The van der Waals surface area contributed by atoms with E-state index >= 15 is 0 Å². The van der Waals surface area contributed by atoms with Crippen LogP contribution in [0.15, 0.2) is 22.6 Å². The van der Waals surface area contributed by atoms with Crippen molar-refractivity contribution in [2.45, 2.75) is 45.6 Å². The van der Waals surface area contributed by atoms with Gasteiger partial charge in [0.1, 0.15) is 11.5 Å². The van der Waals surface area contributed by atoms with Crippen LogP contribution < -0.4 is 5.32 Å². The number of furan rings is 1. The molecule has 22 heavy (non-hydrogen) atoms. The standard InChI is InChI=1S/C17H23NO4/c1-12-5-3-4-6-15(12)18-16(19)11-21-17(20)10-9-14-8-7-13(2)22-14/h7-10,12,15H,3-6,11H2,1-2H3,(H,18,19). The quantitative estimate of drug-likeness (QED) is 0.671. The second kappa shape index (κ2) is 7.82. The summed E-state index contributed by atoms with van der Waals surface area (Å²) in [6.07, 6.45) is 7.28. The van der Waals surface area contributed by atoms with E-state index in [9.17, 15) is 9.59 Å². The first-order valence-corrected chi connectivity index (χ1v) is 7.75. The molecule has 1 N–H and O–H groups in total. The third-order valence-electron chi connectivity index (χ3n) is 3.95. The van der Waals surface area contributed by atoms with E-state index in [1.807, 2.05) is 13.0 Å². The van der Waals surface area contributed by atoms with Crippen LogP contribution in [-0.4, -0.2) is 24.5 Å². The predicted molar refractivity (Wildman–Crippen MR) is 83.0 cm³/mol. The molecular formula is C17H23NO4. The smallest absolute Gasteiger partial charge is 0.331 e. The summed E-state index contributed by atoms with van der Waals surface area (Å²) in [6, 6.07) is 3.77. The highest BCUT2D eigenvalue weighted by molar-refractivity contribution is 5.89. The fourth-order valence-electron chi connectivity index (χ4n) is 2.66. The van der Waals surface area contributed by atoms with Crippen LogP contribution in [0.1, 0.15) is 44.1 Å². The van der Waals surface area contributed by atoms with Crippen molar-refractivity contribution in [2.75, 3.05) is 6.61 Å². The minimum absolute atomic E-state index is 0.196. The van der Waals surface area contributed by atoms with Gasteiger partial charge in [-0.05, 0) is 43.9 Å². The molecule has 0 bridgehead atoms. The normalized spacial score (nSPS) is 21.7. The van der Waals surface area contributed by atoms with Gasteiger partial charge in [0.15, 0.2) is 6.61 Å². The highest BCUT2D eigenvalue weighted by atomic mass is 16.5. The molecule has 0 spiro atoms. The third kappa shape index (κ3) is 5.06. The van der Waals surface area contributed by atoms with Crippen molar-refractivity contribution in [2.24, 2.45) is 5.92 Å². The van der Waals surface area contributed by atoms with Gasteiger partial charge < -0.3 is 14.5 Å². The van der Waals surface area contributed by atoms with E-state index in [-0.39, 0.29) is 18.6 Å². The topological polar surface area (TPSA) is 68.5 Å². The van der Waals surface area contributed by atoms with Gasteiger partial charge in [-0.1, -0.05) is 19.8 Å². The van der Waals surface area contributed by atoms with Crippen LogP contribution in [0.4, 0.5) is 0 Å². The van der Waals surface area contributed by atoms with Crippen molar-refractivity contribution in [3.63, 3.8) is 0 Å². The first-order valence-electron chi connectivity index (χ1n) is 7.75. The van der Waals surface area contributed by atoms with E-state index in [1.165, 1.54) is 18.6 Å². The Morgan fingerprint density at radius 1 is 1.36 bits per heavy atom. The van der Waals surface area contributed by atoms with Crippen LogP contribution in [0.2, 0.25) is 0 Å². The molecule has 2 atom stereocenters. The number of hydrogen-bond donors (Lipinski definition) is 1. The Balaban J connectivity index is 1.71. The first kappa shape index (κ1) is 16.3. The first-order chi connectivity index (χ1) is 10.5. The molecule has 1 heterocycles. The van der Waals surface area contributed by atoms with E-state index in [0.29, 0.717) is 11.7 Å². The maximum absolute atomic E-state index is 11.8. The molecule has 0 aromatic carbocycles. The number of carbonyl (C=O) groups excluding carboxylic acids is 2. The molecule has 5 heteroatoms. The Morgan fingerprint density at radius 2 is 2.14 bits per heavy atom. The Morgan fingerprint density at radius 3 is 2.82 bits per heavy atom. The fraction of sp³-hybridized carbons (Fsp3) is 0.529. The van der Waals surface area contributed by atoms with E-state index in [2.05, 4.69) is 12.2 Å². The van der Waals surface area contributed by atoms with Crippen LogP contribution in [0.5, 0.6) is 0 Å². The van der Waals surface area contributed by atoms with Crippen LogP contribution >= 0.6 is 0 Å². The fourth-order valence-corrected chi connectivity index (χ4v) is 2.66. The number of aryl methyl sites for hydroxylation is 1. The zero-order chi connectivity index (χ0) is 15.9. The number of hydrogen-bond acceptors (Lipinski definition) is 4. The van der Waals surface area contributed by atoms with Crippen molar-refractivity contribution >= 4 is 18.0 Å². The van der Waals surface area contributed by atoms with Gasteiger partial charge in [0.05, 0.1) is 0 Å². The third-order valence-corrected chi connectivity index (χ3v) is 3.95. The van der Waals surface area contributed by atoms with Gasteiger partial charge in [0, 0.05) is 12.1 Å². The van der Waals surface area contributed by atoms with Crippen LogP contribution in [-0.2, 0) is 14.3 Å². The lowest BCUT2D eigenvalue weighted by Gasteiger charge is -2.29. The predicted octanol–water partition coefficient (Wildman–Crippen LogP) is 2.84. The van der Waals surface area contributed by atoms with Crippen LogP contribution in [0.25, 0.3) is 6.08 Å². The van der Waals surface area contributed by atoms with Crippen molar-refractivity contribution in [1.82, 2.24) is 5.32 Å². The van der Waals surface area contributed by atoms with Gasteiger partial charge in [-0.2, -0.15) is 0 Å². The largest absolute Gasteiger partial charge is 0.462 e. The minimum Gasteiger partial charge on any atom is -0.462 e. The number of nitrogens with one attached hydrogen (secondary N) is 1. The lowest BCUT2D eigenvalue weighted by atomic mass is 9.86. The Hall–Kier alpha value is -2.04. The zero-order valence-electron chi connectivity index (χ0n) is 13.1. The maximum atomic E-state index is 11.8. The number of carbonyl (C=O) groups is 2. The number of rotatable bonds is 5. The second-order valence-corrected chi connectivity index (χ2v) is 5.83. The summed E-state index contributed by atoms with van der Waals surface area (Å²) in [7, 11) is 0. The molecule has 0 aliphatic heterocycles. The van der Waals surface area contributed by atoms with Crippen LogP contribution in [0.3, 0.4) is 0 Å². The van der Waals surface area contributed by atoms with Gasteiger partial charge in [0.25, 0.3) is 5.91 Å². The Bertz CT molecular complexity index is 547. The zero-order valence-corrected chi connectivity index (χ0v) is 13.1. The molecule has 1 aliphatic rings. The molecule has 2 unspecified atom stereocenters. The average Bonchev–Trinajstić information content (AvgIpc) is 2.91. The van der Waals surface area contributed by atoms with Crippen molar-refractivity contribution < 1.29 is 18.7 Å². The molecule has 120 valence electrons.